The van der Waals surface area contributed by atoms with Crippen molar-refractivity contribution in [1.82, 2.24) is 9.88 Å². The van der Waals surface area contributed by atoms with Crippen LogP contribution < -0.4 is 4.90 Å². The molecule has 1 fully saturated rings. The Kier molecular flexibility index (Phi) is 3.39. The van der Waals surface area contributed by atoms with E-state index < -0.39 is 0 Å². The van der Waals surface area contributed by atoms with Gasteiger partial charge in [0.25, 0.3) is 0 Å². The van der Waals surface area contributed by atoms with Gasteiger partial charge in [0.15, 0.2) is 0 Å². The van der Waals surface area contributed by atoms with Gasteiger partial charge in [-0.3, -0.25) is 4.79 Å². The number of amides is 1. The maximum absolute atomic E-state index is 10.6. The van der Waals surface area contributed by atoms with Gasteiger partial charge >= 0.3 is 0 Å². The highest BCUT2D eigenvalue weighted by atomic mass is 16.1. The molecule has 0 N–H and O–H groups in total. The number of aryl methyl sites for hydroxylation is 1. The summed E-state index contributed by atoms with van der Waals surface area (Å²) in [5, 5.41) is 0. The first-order chi connectivity index (χ1) is 7.85. The molecule has 1 aromatic heterocycles. The van der Waals surface area contributed by atoms with Gasteiger partial charge in [-0.25, -0.2) is 4.98 Å². The number of nitrogens with zero attached hydrogens (tertiary/aromatic N) is 3. The molecule has 1 amide bonds. The fourth-order valence-corrected chi connectivity index (χ4v) is 2.03. The number of hydrogen-bond acceptors (Lipinski definition) is 3. The van der Waals surface area contributed by atoms with E-state index in [1.807, 2.05) is 17.2 Å². The predicted octanol–water partition coefficient (Wildman–Crippen LogP) is 0.922. The van der Waals surface area contributed by atoms with Crippen LogP contribution in [0.3, 0.4) is 0 Å². The van der Waals surface area contributed by atoms with Gasteiger partial charge in [0.1, 0.15) is 5.82 Å². The Morgan fingerprint density at radius 3 is 2.75 bits per heavy atom. The number of carbonyl (C=O) groups is 1. The Labute approximate surface area is 95.9 Å². The number of hydrogen-bond donors (Lipinski definition) is 0. The van der Waals surface area contributed by atoms with Crippen LogP contribution in [0, 0.1) is 0 Å². The summed E-state index contributed by atoms with van der Waals surface area (Å²) in [6, 6.07) is 4.10. The minimum Gasteiger partial charge on any atom is -0.353 e. The molecule has 86 valence electrons. The molecule has 1 saturated heterocycles. The van der Waals surface area contributed by atoms with Crippen LogP contribution in [0.4, 0.5) is 5.82 Å². The van der Waals surface area contributed by atoms with Gasteiger partial charge in [-0.2, -0.15) is 0 Å². The average Bonchev–Trinajstić information content (AvgIpc) is 2.39. The van der Waals surface area contributed by atoms with Gasteiger partial charge in [0.2, 0.25) is 6.41 Å². The molecule has 1 aliphatic rings. The maximum atomic E-state index is 10.6. The van der Waals surface area contributed by atoms with Crippen LogP contribution in [-0.2, 0) is 11.2 Å². The standard InChI is InChI=1S/C12H17N3O/c1-2-11-4-3-5-13-12(11)15-8-6-14(10-16)7-9-15/h3-5,10H,2,6-9H2,1H3. The van der Waals surface area contributed by atoms with E-state index in [-0.39, 0.29) is 0 Å². The number of anilines is 1. The quantitative estimate of drug-likeness (QED) is 0.709. The summed E-state index contributed by atoms with van der Waals surface area (Å²) in [7, 11) is 0. The monoisotopic (exact) mass is 219 g/mol. The second kappa shape index (κ2) is 4.96. The van der Waals surface area contributed by atoms with E-state index in [4.69, 9.17) is 0 Å². The van der Waals surface area contributed by atoms with Crippen molar-refractivity contribution in [2.24, 2.45) is 0 Å². The third-order valence-electron chi connectivity index (χ3n) is 3.01. The van der Waals surface area contributed by atoms with Crippen molar-refractivity contribution in [1.29, 1.82) is 0 Å². The molecular formula is C12H17N3O. The first-order valence-electron chi connectivity index (χ1n) is 5.73. The van der Waals surface area contributed by atoms with Crippen molar-refractivity contribution in [2.75, 3.05) is 31.1 Å². The van der Waals surface area contributed by atoms with Crippen LogP contribution in [0.15, 0.2) is 18.3 Å². The molecule has 0 bridgehead atoms. The minimum absolute atomic E-state index is 0.795. The molecule has 0 radical (unpaired) electrons. The zero-order valence-corrected chi connectivity index (χ0v) is 9.59. The third-order valence-corrected chi connectivity index (χ3v) is 3.01. The SMILES string of the molecule is CCc1cccnc1N1CCN(C=O)CC1. The lowest BCUT2D eigenvalue weighted by Gasteiger charge is -2.34. The first-order valence-corrected chi connectivity index (χ1v) is 5.73. The van der Waals surface area contributed by atoms with Gasteiger partial charge in [0.05, 0.1) is 0 Å². The summed E-state index contributed by atoms with van der Waals surface area (Å²) in [6.45, 7) is 5.49. The number of aromatic nitrogens is 1. The summed E-state index contributed by atoms with van der Waals surface area (Å²) >= 11 is 0. The molecule has 4 nitrogen and oxygen atoms in total. The fraction of sp³-hybridized carbons (Fsp3) is 0.500. The highest BCUT2D eigenvalue weighted by Gasteiger charge is 2.18. The number of rotatable bonds is 3. The number of piperazine rings is 1. The van der Waals surface area contributed by atoms with E-state index in [1.54, 1.807) is 0 Å². The Morgan fingerprint density at radius 1 is 1.38 bits per heavy atom. The van der Waals surface area contributed by atoms with Gasteiger partial charge < -0.3 is 9.80 Å². The van der Waals surface area contributed by atoms with Crippen molar-refractivity contribution in [2.45, 2.75) is 13.3 Å². The Hall–Kier alpha value is -1.58. The molecule has 0 atom stereocenters. The Bertz CT molecular complexity index is 359. The van der Waals surface area contributed by atoms with Crippen LogP contribution in [0.1, 0.15) is 12.5 Å². The molecule has 0 spiro atoms. The van der Waals surface area contributed by atoms with Crippen molar-refractivity contribution < 1.29 is 4.79 Å². The van der Waals surface area contributed by atoms with Crippen LogP contribution >= 0.6 is 0 Å². The third kappa shape index (κ3) is 2.15. The number of pyridine rings is 1. The highest BCUT2D eigenvalue weighted by molar-refractivity contribution is 5.51. The predicted molar refractivity (Wildman–Crippen MR) is 63.5 cm³/mol. The van der Waals surface area contributed by atoms with Gasteiger partial charge in [-0.05, 0) is 18.1 Å². The van der Waals surface area contributed by atoms with E-state index >= 15 is 0 Å². The Morgan fingerprint density at radius 2 is 2.12 bits per heavy atom. The summed E-state index contributed by atoms with van der Waals surface area (Å²) in [6.07, 6.45) is 3.76. The van der Waals surface area contributed by atoms with Crippen LogP contribution in [0.2, 0.25) is 0 Å². The fourth-order valence-electron chi connectivity index (χ4n) is 2.03. The molecule has 0 aromatic carbocycles. The lowest BCUT2D eigenvalue weighted by atomic mass is 10.2. The molecule has 4 heteroatoms. The molecule has 0 aliphatic carbocycles. The van der Waals surface area contributed by atoms with Gasteiger partial charge in [-0.15, -0.1) is 0 Å². The molecule has 2 heterocycles. The van der Waals surface area contributed by atoms with Crippen molar-refractivity contribution in [3.63, 3.8) is 0 Å². The second-order valence-corrected chi connectivity index (χ2v) is 3.97. The molecule has 2 rings (SSSR count). The lowest BCUT2D eigenvalue weighted by molar-refractivity contribution is -0.118. The molecule has 16 heavy (non-hydrogen) atoms. The molecule has 0 unspecified atom stereocenters. The van der Waals surface area contributed by atoms with E-state index in [0.29, 0.717) is 0 Å². The Balaban J connectivity index is 2.10. The molecule has 1 aromatic rings. The smallest absolute Gasteiger partial charge is 0.209 e. The van der Waals surface area contributed by atoms with E-state index in [9.17, 15) is 4.79 Å². The van der Waals surface area contributed by atoms with Crippen molar-refractivity contribution >= 4 is 12.2 Å². The minimum atomic E-state index is 0.795. The summed E-state index contributed by atoms with van der Waals surface area (Å²) in [5.41, 5.74) is 1.28. The van der Waals surface area contributed by atoms with Crippen LogP contribution in [0.5, 0.6) is 0 Å². The van der Waals surface area contributed by atoms with Gasteiger partial charge in [-0.1, -0.05) is 13.0 Å². The lowest BCUT2D eigenvalue weighted by Crippen LogP contribution is -2.46. The first kappa shape index (κ1) is 10.9. The van der Waals surface area contributed by atoms with Gasteiger partial charge in [0, 0.05) is 32.4 Å². The van der Waals surface area contributed by atoms with Crippen LogP contribution in [0.25, 0.3) is 0 Å². The molecule has 1 aliphatic heterocycles. The number of carbonyl (C=O) groups excluding carboxylic acids is 1. The largest absolute Gasteiger partial charge is 0.353 e. The topological polar surface area (TPSA) is 36.4 Å². The summed E-state index contributed by atoms with van der Waals surface area (Å²) in [5.74, 6) is 1.08. The second-order valence-electron chi connectivity index (χ2n) is 3.97. The van der Waals surface area contributed by atoms with Crippen molar-refractivity contribution in [3.8, 4) is 0 Å². The summed E-state index contributed by atoms with van der Waals surface area (Å²) in [4.78, 5) is 19.1. The van der Waals surface area contributed by atoms with E-state index in [2.05, 4.69) is 22.9 Å². The van der Waals surface area contributed by atoms with E-state index in [1.165, 1.54) is 5.56 Å². The van der Waals surface area contributed by atoms with E-state index in [0.717, 1.165) is 44.8 Å². The zero-order valence-electron chi connectivity index (χ0n) is 9.59. The summed E-state index contributed by atoms with van der Waals surface area (Å²) < 4.78 is 0. The maximum Gasteiger partial charge on any atom is 0.209 e. The van der Waals surface area contributed by atoms with Crippen molar-refractivity contribution in [3.05, 3.63) is 23.9 Å². The normalized spacial score (nSPS) is 16.3. The average molecular weight is 219 g/mol. The van der Waals surface area contributed by atoms with Crippen LogP contribution in [-0.4, -0.2) is 42.5 Å². The zero-order chi connectivity index (χ0) is 11.4. The molecular weight excluding hydrogens is 202 g/mol. The highest BCUT2D eigenvalue weighted by Crippen LogP contribution is 2.18. The molecule has 0 saturated carbocycles.